The number of hydrogen-bond acceptors (Lipinski definition) is 3. The highest BCUT2D eigenvalue weighted by molar-refractivity contribution is 9.10. The summed E-state index contributed by atoms with van der Waals surface area (Å²) in [7, 11) is 0. The molecule has 5 heteroatoms. The van der Waals surface area contributed by atoms with E-state index < -0.39 is 0 Å². The highest BCUT2D eigenvalue weighted by Crippen LogP contribution is 2.27. The van der Waals surface area contributed by atoms with Crippen LogP contribution in [-0.4, -0.2) is 16.8 Å². The third kappa shape index (κ3) is 3.72. The Labute approximate surface area is 108 Å². The number of oxime groups is 1. The maximum atomic E-state index is 8.70. The topological polar surface area (TPSA) is 58.6 Å². The molecule has 0 aromatic heterocycles. The van der Waals surface area contributed by atoms with Crippen molar-refractivity contribution in [2.24, 2.45) is 16.8 Å². The van der Waals surface area contributed by atoms with Gasteiger partial charge in [-0.15, -0.1) is 11.8 Å². The minimum Gasteiger partial charge on any atom is -0.409 e. The van der Waals surface area contributed by atoms with Gasteiger partial charge in [-0.05, 0) is 24.1 Å². The summed E-state index contributed by atoms with van der Waals surface area (Å²) >= 11 is 5.13. The minimum atomic E-state index is 0.152. The van der Waals surface area contributed by atoms with Gasteiger partial charge in [-0.2, -0.15) is 0 Å². The van der Waals surface area contributed by atoms with E-state index >= 15 is 0 Å². The van der Waals surface area contributed by atoms with Crippen LogP contribution < -0.4 is 5.73 Å². The van der Waals surface area contributed by atoms with Crippen LogP contribution in [0.15, 0.2) is 32.7 Å². The maximum Gasteiger partial charge on any atom is 0.171 e. The quantitative estimate of drug-likeness (QED) is 0.295. The summed E-state index contributed by atoms with van der Waals surface area (Å²) in [5.74, 6) is 1.75. The molecule has 1 aromatic rings. The molecule has 0 aliphatic rings. The molecule has 0 saturated heterocycles. The van der Waals surface area contributed by atoms with Crippen molar-refractivity contribution in [1.29, 1.82) is 0 Å². The first kappa shape index (κ1) is 13.4. The lowest BCUT2D eigenvalue weighted by atomic mass is 10.2. The van der Waals surface area contributed by atoms with E-state index in [2.05, 4.69) is 34.9 Å². The largest absolute Gasteiger partial charge is 0.409 e. The standard InChI is InChI=1S/C11H15BrN2OS/c1-7(2)6-16-10-5-8(12)3-4-9(10)11(13)14-15/h3-5,7,15H,6H2,1-2H3,(H2,13,14). The highest BCUT2D eigenvalue weighted by atomic mass is 79.9. The van der Waals surface area contributed by atoms with Crippen LogP contribution >= 0.6 is 27.7 Å². The van der Waals surface area contributed by atoms with Crippen molar-refractivity contribution >= 4 is 33.5 Å². The molecule has 0 radical (unpaired) electrons. The van der Waals surface area contributed by atoms with E-state index in [1.807, 2.05) is 18.2 Å². The highest BCUT2D eigenvalue weighted by Gasteiger charge is 2.09. The van der Waals surface area contributed by atoms with E-state index in [9.17, 15) is 0 Å². The van der Waals surface area contributed by atoms with Gasteiger partial charge in [-0.25, -0.2) is 0 Å². The van der Waals surface area contributed by atoms with Crippen LogP contribution in [0, 0.1) is 5.92 Å². The van der Waals surface area contributed by atoms with E-state index in [-0.39, 0.29) is 5.84 Å². The van der Waals surface area contributed by atoms with Crippen LogP contribution in [0.2, 0.25) is 0 Å². The monoisotopic (exact) mass is 302 g/mol. The normalized spacial score (nSPS) is 12.1. The molecule has 0 aliphatic heterocycles. The first-order valence-electron chi connectivity index (χ1n) is 4.95. The van der Waals surface area contributed by atoms with Gasteiger partial charge in [-0.1, -0.05) is 34.9 Å². The Hall–Kier alpha value is -0.680. The average Bonchev–Trinajstić information content (AvgIpc) is 2.25. The number of thioether (sulfide) groups is 1. The number of halogens is 1. The average molecular weight is 303 g/mol. The molecular weight excluding hydrogens is 288 g/mol. The first-order valence-corrected chi connectivity index (χ1v) is 6.72. The smallest absolute Gasteiger partial charge is 0.171 e. The SMILES string of the molecule is CC(C)CSc1cc(Br)ccc1/C(N)=N/O. The van der Waals surface area contributed by atoms with Crippen LogP contribution in [0.3, 0.4) is 0 Å². The van der Waals surface area contributed by atoms with Crippen LogP contribution in [-0.2, 0) is 0 Å². The van der Waals surface area contributed by atoms with Crippen molar-refractivity contribution in [3.05, 3.63) is 28.2 Å². The number of benzene rings is 1. The van der Waals surface area contributed by atoms with Crippen molar-refractivity contribution in [2.75, 3.05) is 5.75 Å². The Morgan fingerprint density at radius 1 is 1.56 bits per heavy atom. The van der Waals surface area contributed by atoms with E-state index in [1.165, 1.54) is 0 Å². The van der Waals surface area contributed by atoms with Crippen molar-refractivity contribution < 1.29 is 5.21 Å². The van der Waals surface area contributed by atoms with Crippen molar-refractivity contribution in [1.82, 2.24) is 0 Å². The van der Waals surface area contributed by atoms with Crippen molar-refractivity contribution in [2.45, 2.75) is 18.7 Å². The van der Waals surface area contributed by atoms with Crippen LogP contribution in [0.5, 0.6) is 0 Å². The van der Waals surface area contributed by atoms with Gasteiger partial charge in [0.05, 0.1) is 0 Å². The predicted octanol–water partition coefficient (Wildman–Crippen LogP) is 3.29. The fraction of sp³-hybridized carbons (Fsp3) is 0.364. The van der Waals surface area contributed by atoms with Crippen LogP contribution in [0.25, 0.3) is 0 Å². The molecule has 0 amide bonds. The predicted molar refractivity (Wildman–Crippen MR) is 72.2 cm³/mol. The van der Waals surface area contributed by atoms with E-state index in [0.717, 1.165) is 20.7 Å². The zero-order valence-electron chi connectivity index (χ0n) is 9.27. The Morgan fingerprint density at radius 3 is 2.81 bits per heavy atom. The number of rotatable bonds is 4. The summed E-state index contributed by atoms with van der Waals surface area (Å²) < 4.78 is 0.994. The van der Waals surface area contributed by atoms with Gasteiger partial charge in [0.15, 0.2) is 5.84 Å². The molecule has 0 spiro atoms. The van der Waals surface area contributed by atoms with E-state index in [1.54, 1.807) is 11.8 Å². The van der Waals surface area contributed by atoms with E-state index in [4.69, 9.17) is 10.9 Å². The van der Waals surface area contributed by atoms with E-state index in [0.29, 0.717) is 5.92 Å². The summed E-state index contributed by atoms with van der Waals surface area (Å²) in [5, 5.41) is 11.7. The zero-order chi connectivity index (χ0) is 12.1. The molecule has 0 atom stereocenters. The molecule has 0 unspecified atom stereocenters. The molecule has 16 heavy (non-hydrogen) atoms. The van der Waals surface area contributed by atoms with Gasteiger partial charge >= 0.3 is 0 Å². The molecule has 1 rings (SSSR count). The Balaban J connectivity index is 2.99. The fourth-order valence-corrected chi connectivity index (χ4v) is 2.70. The summed E-state index contributed by atoms with van der Waals surface area (Å²) in [4.78, 5) is 1.03. The lowest BCUT2D eigenvalue weighted by Crippen LogP contribution is -2.14. The molecular formula is C11H15BrN2OS. The summed E-state index contributed by atoms with van der Waals surface area (Å²) in [6, 6.07) is 5.72. The minimum absolute atomic E-state index is 0.152. The number of nitrogens with zero attached hydrogens (tertiary/aromatic N) is 1. The number of hydrogen-bond donors (Lipinski definition) is 2. The van der Waals surface area contributed by atoms with Gasteiger partial charge in [0.2, 0.25) is 0 Å². The van der Waals surface area contributed by atoms with Crippen LogP contribution in [0.1, 0.15) is 19.4 Å². The first-order chi connectivity index (χ1) is 7.54. The molecule has 1 aromatic carbocycles. The summed E-state index contributed by atoms with van der Waals surface area (Å²) in [6.45, 7) is 4.32. The van der Waals surface area contributed by atoms with Gasteiger partial charge in [0.1, 0.15) is 0 Å². The lowest BCUT2D eigenvalue weighted by molar-refractivity contribution is 0.318. The molecule has 3 nitrogen and oxygen atoms in total. The second-order valence-corrected chi connectivity index (χ2v) is 5.81. The molecule has 3 N–H and O–H groups in total. The van der Waals surface area contributed by atoms with Gasteiger partial charge < -0.3 is 10.9 Å². The maximum absolute atomic E-state index is 8.70. The molecule has 0 saturated carbocycles. The summed E-state index contributed by atoms with van der Waals surface area (Å²) in [5.41, 5.74) is 6.40. The number of amidine groups is 1. The van der Waals surface area contributed by atoms with Crippen molar-refractivity contribution in [3.8, 4) is 0 Å². The number of nitrogens with two attached hydrogens (primary N) is 1. The lowest BCUT2D eigenvalue weighted by Gasteiger charge is -2.10. The molecule has 0 aliphatic carbocycles. The third-order valence-electron chi connectivity index (χ3n) is 1.90. The van der Waals surface area contributed by atoms with Gasteiger partial charge in [-0.3, -0.25) is 0 Å². The van der Waals surface area contributed by atoms with Gasteiger partial charge in [0, 0.05) is 20.7 Å². The molecule has 88 valence electrons. The molecule has 0 bridgehead atoms. The zero-order valence-corrected chi connectivity index (χ0v) is 11.7. The Bertz CT molecular complexity index is 394. The molecule has 0 fully saturated rings. The second kappa shape index (κ2) is 6.15. The Kier molecular flexibility index (Phi) is 5.15. The Morgan fingerprint density at radius 2 is 2.25 bits per heavy atom. The van der Waals surface area contributed by atoms with Gasteiger partial charge in [0.25, 0.3) is 0 Å². The van der Waals surface area contributed by atoms with Crippen molar-refractivity contribution in [3.63, 3.8) is 0 Å². The third-order valence-corrected chi connectivity index (χ3v) is 3.87. The summed E-state index contributed by atoms with van der Waals surface area (Å²) in [6.07, 6.45) is 0. The van der Waals surface area contributed by atoms with Crippen LogP contribution in [0.4, 0.5) is 0 Å². The second-order valence-electron chi connectivity index (χ2n) is 3.83. The molecule has 0 heterocycles. The fourth-order valence-electron chi connectivity index (χ4n) is 1.14.